The summed E-state index contributed by atoms with van der Waals surface area (Å²) in [6.45, 7) is 5.91. The Bertz CT molecular complexity index is 972. The van der Waals surface area contributed by atoms with Crippen LogP contribution in [-0.2, 0) is 9.53 Å². The molecule has 7 heteroatoms. The fourth-order valence-electron chi connectivity index (χ4n) is 3.28. The predicted octanol–water partition coefficient (Wildman–Crippen LogP) is 2.95. The molecule has 136 valence electrons. The molecule has 1 aromatic heterocycles. The highest BCUT2D eigenvalue weighted by Crippen LogP contribution is 2.33. The van der Waals surface area contributed by atoms with Gasteiger partial charge in [0, 0.05) is 18.6 Å². The van der Waals surface area contributed by atoms with Crippen LogP contribution in [0.5, 0.6) is 0 Å². The van der Waals surface area contributed by atoms with Gasteiger partial charge in [0.25, 0.3) is 0 Å². The van der Waals surface area contributed by atoms with E-state index in [9.17, 15) is 14.4 Å². The summed E-state index contributed by atoms with van der Waals surface area (Å²) >= 11 is 0. The third kappa shape index (κ3) is 3.71. The maximum Gasteiger partial charge on any atom is 0.362 e. The van der Waals surface area contributed by atoms with Crippen molar-refractivity contribution in [1.29, 1.82) is 0 Å². The molecular weight excluding hydrogens is 334 g/mol. The number of carbonyl (C=O) groups is 2. The lowest BCUT2D eigenvalue weighted by Crippen LogP contribution is -2.28. The highest BCUT2D eigenvalue weighted by molar-refractivity contribution is 6.06. The number of esters is 1. The molecule has 0 amide bonds. The first-order chi connectivity index (χ1) is 12.3. The van der Waals surface area contributed by atoms with Crippen molar-refractivity contribution in [3.05, 3.63) is 34.1 Å². The third-order valence-corrected chi connectivity index (χ3v) is 4.27. The molecule has 2 aromatic rings. The second kappa shape index (κ2) is 6.82. The Morgan fingerprint density at radius 2 is 2.08 bits per heavy atom. The SMILES string of the molecule is CCOC(=O)c1n[nH]c2ccc(N=C3CC(=O)CC(C)(C)C3)cc2c1=O. The van der Waals surface area contributed by atoms with Crippen LogP contribution in [0.15, 0.2) is 28.0 Å². The van der Waals surface area contributed by atoms with Crippen LogP contribution in [-0.4, -0.2) is 34.3 Å². The smallest absolute Gasteiger partial charge is 0.362 e. The number of nitrogens with one attached hydrogen (secondary N) is 1. The summed E-state index contributed by atoms with van der Waals surface area (Å²) in [4.78, 5) is 40.9. The molecule has 3 rings (SSSR count). The van der Waals surface area contributed by atoms with Crippen molar-refractivity contribution in [3.8, 4) is 0 Å². The van der Waals surface area contributed by atoms with Crippen LogP contribution in [0.1, 0.15) is 50.5 Å². The number of fused-ring (bicyclic) bond motifs is 1. The highest BCUT2D eigenvalue weighted by atomic mass is 16.5. The van der Waals surface area contributed by atoms with Crippen LogP contribution in [0.3, 0.4) is 0 Å². The molecule has 1 fully saturated rings. The number of hydrogen-bond acceptors (Lipinski definition) is 6. The molecule has 7 nitrogen and oxygen atoms in total. The maximum atomic E-state index is 12.6. The van der Waals surface area contributed by atoms with Crippen molar-refractivity contribution in [1.82, 2.24) is 10.2 Å². The molecule has 26 heavy (non-hydrogen) atoms. The predicted molar refractivity (Wildman–Crippen MR) is 98.1 cm³/mol. The van der Waals surface area contributed by atoms with E-state index in [1.54, 1.807) is 25.1 Å². The topological polar surface area (TPSA) is 101 Å². The average Bonchev–Trinajstić information content (AvgIpc) is 2.54. The number of rotatable bonds is 3. The number of aromatic amines is 1. The molecule has 1 saturated carbocycles. The van der Waals surface area contributed by atoms with Crippen LogP contribution in [0.2, 0.25) is 0 Å². The monoisotopic (exact) mass is 355 g/mol. The second-order valence-electron chi connectivity index (χ2n) is 7.26. The number of aliphatic imine (C=N–C) groups is 1. The van der Waals surface area contributed by atoms with E-state index in [-0.39, 0.29) is 23.5 Å². The largest absolute Gasteiger partial charge is 0.461 e. The molecule has 0 radical (unpaired) electrons. The number of nitrogens with zero attached hydrogens (tertiary/aromatic N) is 2. The van der Waals surface area contributed by atoms with Gasteiger partial charge >= 0.3 is 5.97 Å². The summed E-state index contributed by atoms with van der Waals surface area (Å²) in [6.07, 6.45) is 1.62. The average molecular weight is 355 g/mol. The molecule has 0 unspecified atom stereocenters. The van der Waals surface area contributed by atoms with Gasteiger partial charge in [0.1, 0.15) is 5.78 Å². The minimum atomic E-state index is -0.757. The molecule has 0 aliphatic heterocycles. The van der Waals surface area contributed by atoms with Crippen molar-refractivity contribution < 1.29 is 14.3 Å². The van der Waals surface area contributed by atoms with E-state index < -0.39 is 11.4 Å². The number of Topliss-reactive ketones (excluding diaryl/α,β-unsaturated/α-hetero) is 1. The normalized spacial score (nSPS) is 18.3. The first-order valence-electron chi connectivity index (χ1n) is 8.57. The Morgan fingerprint density at radius 3 is 2.77 bits per heavy atom. The minimum absolute atomic E-state index is 0.108. The number of ether oxygens (including phenoxy) is 1. The second-order valence-corrected chi connectivity index (χ2v) is 7.26. The number of carbonyl (C=O) groups excluding carboxylic acids is 2. The van der Waals surface area contributed by atoms with Crippen molar-refractivity contribution >= 4 is 34.1 Å². The first kappa shape index (κ1) is 18.0. The van der Waals surface area contributed by atoms with Gasteiger partial charge in [0.05, 0.1) is 23.2 Å². The first-order valence-corrected chi connectivity index (χ1v) is 8.57. The number of aromatic nitrogens is 2. The molecule has 1 aromatic carbocycles. The lowest BCUT2D eigenvalue weighted by Gasteiger charge is -2.29. The van der Waals surface area contributed by atoms with E-state index in [1.165, 1.54) is 0 Å². The number of hydrogen-bond donors (Lipinski definition) is 1. The summed E-state index contributed by atoms with van der Waals surface area (Å²) in [7, 11) is 0. The van der Waals surface area contributed by atoms with Gasteiger partial charge in [-0.15, -0.1) is 0 Å². The van der Waals surface area contributed by atoms with Crippen molar-refractivity contribution in [2.45, 2.75) is 40.0 Å². The fourth-order valence-corrected chi connectivity index (χ4v) is 3.28. The highest BCUT2D eigenvalue weighted by Gasteiger charge is 2.30. The zero-order valence-corrected chi connectivity index (χ0v) is 15.1. The van der Waals surface area contributed by atoms with E-state index in [0.29, 0.717) is 29.4 Å². The Balaban J connectivity index is 2.02. The Kier molecular flexibility index (Phi) is 4.71. The lowest BCUT2D eigenvalue weighted by molar-refractivity contribution is -0.120. The van der Waals surface area contributed by atoms with Crippen molar-refractivity contribution in [3.63, 3.8) is 0 Å². The summed E-state index contributed by atoms with van der Waals surface area (Å²) in [5.74, 6) is -0.584. The molecule has 1 heterocycles. The number of ketones is 1. The van der Waals surface area contributed by atoms with Gasteiger partial charge in [0.15, 0.2) is 0 Å². The maximum absolute atomic E-state index is 12.6. The zero-order valence-electron chi connectivity index (χ0n) is 15.1. The van der Waals surface area contributed by atoms with Crippen molar-refractivity contribution in [2.75, 3.05) is 6.61 Å². The van der Waals surface area contributed by atoms with E-state index >= 15 is 0 Å². The molecule has 0 spiro atoms. The van der Waals surface area contributed by atoms with E-state index in [4.69, 9.17) is 4.74 Å². The van der Waals surface area contributed by atoms with Crippen LogP contribution in [0.25, 0.3) is 10.9 Å². The summed E-state index contributed by atoms with van der Waals surface area (Å²) in [6, 6.07) is 5.05. The third-order valence-electron chi connectivity index (χ3n) is 4.27. The molecule has 1 aliphatic rings. The van der Waals surface area contributed by atoms with Gasteiger partial charge < -0.3 is 4.74 Å². The van der Waals surface area contributed by atoms with Crippen LogP contribution < -0.4 is 5.43 Å². The quantitative estimate of drug-likeness (QED) is 0.853. The Morgan fingerprint density at radius 1 is 1.31 bits per heavy atom. The van der Waals surface area contributed by atoms with E-state index in [2.05, 4.69) is 15.2 Å². The zero-order chi connectivity index (χ0) is 18.9. The number of H-pyrrole nitrogens is 1. The molecule has 0 saturated heterocycles. The van der Waals surface area contributed by atoms with Crippen LogP contribution in [0.4, 0.5) is 5.69 Å². The van der Waals surface area contributed by atoms with Crippen LogP contribution in [0, 0.1) is 5.41 Å². The summed E-state index contributed by atoms with van der Waals surface area (Å²) in [5.41, 5.74) is 0.999. The summed E-state index contributed by atoms with van der Waals surface area (Å²) in [5, 5.41) is 6.82. The molecular formula is C19H21N3O4. The number of benzene rings is 1. The molecule has 0 bridgehead atoms. The fraction of sp³-hybridized carbons (Fsp3) is 0.421. The summed E-state index contributed by atoms with van der Waals surface area (Å²) < 4.78 is 4.86. The van der Waals surface area contributed by atoms with Crippen LogP contribution >= 0.6 is 0 Å². The van der Waals surface area contributed by atoms with Gasteiger partial charge in [-0.3, -0.25) is 19.7 Å². The van der Waals surface area contributed by atoms with Gasteiger partial charge in [-0.1, -0.05) is 13.8 Å². The van der Waals surface area contributed by atoms with Gasteiger partial charge in [-0.05, 0) is 37.0 Å². The van der Waals surface area contributed by atoms with E-state index in [1.807, 2.05) is 13.8 Å². The van der Waals surface area contributed by atoms with Crippen molar-refractivity contribution in [2.24, 2.45) is 10.4 Å². The molecule has 1 N–H and O–H groups in total. The lowest BCUT2D eigenvalue weighted by atomic mass is 9.76. The van der Waals surface area contributed by atoms with Gasteiger partial charge in [-0.25, -0.2) is 4.79 Å². The van der Waals surface area contributed by atoms with E-state index in [0.717, 1.165) is 12.1 Å². The molecule has 0 atom stereocenters. The molecule has 1 aliphatic carbocycles. The minimum Gasteiger partial charge on any atom is -0.461 e. The van der Waals surface area contributed by atoms with Gasteiger partial charge in [0.2, 0.25) is 11.1 Å². The van der Waals surface area contributed by atoms with Gasteiger partial charge in [-0.2, -0.15) is 5.10 Å². The Hall–Kier alpha value is -2.83. The Labute approximate surface area is 150 Å². The standard InChI is InChI=1S/C19H21N3O4/c1-4-26-18(25)16-17(24)14-8-11(5-6-15(14)21-22-16)20-12-7-13(23)10-19(2,3)9-12/h5-6,8H,4,7,9-10H2,1-3H3,(H,21,24).